The van der Waals surface area contributed by atoms with E-state index in [2.05, 4.69) is 0 Å². The van der Waals surface area contributed by atoms with Gasteiger partial charge in [-0.3, -0.25) is 4.79 Å². The van der Waals surface area contributed by atoms with E-state index in [1.165, 1.54) is 0 Å². The monoisotopic (exact) mass is 191 g/mol. The number of fused-ring (bicyclic) bond motifs is 1. The molecule has 2 aromatic heterocycles. The van der Waals surface area contributed by atoms with Gasteiger partial charge in [0, 0.05) is 12.5 Å². The van der Waals surface area contributed by atoms with Crippen LogP contribution in [0.4, 0.5) is 0 Å². The topological polar surface area (TPSA) is 46.3 Å². The fourth-order valence-corrected chi connectivity index (χ4v) is 1.47. The van der Waals surface area contributed by atoms with Crippen molar-refractivity contribution in [3.05, 3.63) is 36.3 Å². The zero-order valence-electron chi connectivity index (χ0n) is 7.84. The number of Topliss-reactive ketones (excluding diaryl/α,β-unsaturated/α-hetero) is 1. The zero-order chi connectivity index (χ0) is 10.1. The molecular weight excluding hydrogens is 180 g/mol. The molecule has 0 fully saturated rings. The number of rotatable bonds is 2. The van der Waals surface area contributed by atoms with Gasteiger partial charge in [-0.15, -0.1) is 0 Å². The molecule has 2 aromatic rings. The highest BCUT2D eigenvalue weighted by Crippen LogP contribution is 2.01. The summed E-state index contributed by atoms with van der Waals surface area (Å²) in [7, 11) is 0. The quantitative estimate of drug-likeness (QED) is 0.558. The van der Waals surface area contributed by atoms with Crippen LogP contribution in [0.25, 0.3) is 5.65 Å². The number of imidazole rings is 1. The number of pyridine rings is 1. The molecule has 2 rings (SSSR count). The molecule has 1 N–H and O–H groups in total. The van der Waals surface area contributed by atoms with Crippen molar-refractivity contribution >= 4 is 11.4 Å². The van der Waals surface area contributed by atoms with Gasteiger partial charge in [0.1, 0.15) is 12.0 Å². The van der Waals surface area contributed by atoms with Crippen LogP contribution in [0.1, 0.15) is 12.5 Å². The van der Waals surface area contributed by atoms with Crippen LogP contribution in [0.15, 0.2) is 30.7 Å². The third-order valence-electron chi connectivity index (χ3n) is 2.07. The predicted octanol–water partition coefficient (Wildman–Crippen LogP) is 0.596. The molecular formula is C10H11N2O2+. The highest BCUT2D eigenvalue weighted by Gasteiger charge is 2.08. The maximum atomic E-state index is 10.9. The minimum atomic E-state index is 0.133. The van der Waals surface area contributed by atoms with E-state index in [0.29, 0.717) is 12.1 Å². The molecule has 0 aliphatic rings. The standard InChI is InChI=1S/C10H11N2O2/c1-8(13)6-9-2-3-10-11(7-9)4-5-12(10)14/h2-5,7,14H,6H2,1H3/q+1. The van der Waals surface area contributed by atoms with Gasteiger partial charge >= 0.3 is 5.65 Å². The summed E-state index contributed by atoms with van der Waals surface area (Å²) in [6.45, 7) is 1.56. The summed E-state index contributed by atoms with van der Waals surface area (Å²) in [6.07, 6.45) is 5.55. The second kappa shape index (κ2) is 3.14. The van der Waals surface area contributed by atoms with Crippen molar-refractivity contribution < 1.29 is 14.4 Å². The van der Waals surface area contributed by atoms with Crippen LogP contribution in [0.2, 0.25) is 0 Å². The van der Waals surface area contributed by atoms with Crippen molar-refractivity contribution in [2.75, 3.05) is 0 Å². The smallest absolute Gasteiger partial charge is 0.325 e. The van der Waals surface area contributed by atoms with Crippen LogP contribution >= 0.6 is 0 Å². The molecule has 0 saturated carbocycles. The van der Waals surface area contributed by atoms with Crippen molar-refractivity contribution in [3.63, 3.8) is 0 Å². The normalized spacial score (nSPS) is 10.6. The summed E-state index contributed by atoms with van der Waals surface area (Å²) in [5.41, 5.74) is 1.62. The molecule has 0 aromatic carbocycles. The van der Waals surface area contributed by atoms with Crippen molar-refractivity contribution in [3.8, 4) is 0 Å². The second-order valence-corrected chi connectivity index (χ2v) is 3.32. The highest BCUT2D eigenvalue weighted by molar-refractivity contribution is 5.78. The summed E-state index contributed by atoms with van der Waals surface area (Å²) in [4.78, 5) is 10.9. The molecule has 14 heavy (non-hydrogen) atoms. The minimum Gasteiger partial charge on any atom is -0.350 e. The highest BCUT2D eigenvalue weighted by atomic mass is 16.5. The molecule has 0 aliphatic carbocycles. The number of carbonyl (C=O) groups excluding carboxylic acids is 1. The summed E-state index contributed by atoms with van der Waals surface area (Å²) in [5, 5.41) is 9.31. The number of hydrogen-bond acceptors (Lipinski definition) is 2. The third-order valence-corrected chi connectivity index (χ3v) is 2.07. The summed E-state index contributed by atoms with van der Waals surface area (Å²) in [6, 6.07) is 3.61. The number of nitrogens with zero attached hydrogens (tertiary/aromatic N) is 2. The Bertz CT molecular complexity index is 488. The molecule has 0 saturated heterocycles. The minimum absolute atomic E-state index is 0.133. The van der Waals surface area contributed by atoms with Crippen LogP contribution in [0.5, 0.6) is 0 Å². The van der Waals surface area contributed by atoms with Gasteiger partial charge in [0.15, 0.2) is 6.20 Å². The molecule has 0 atom stereocenters. The van der Waals surface area contributed by atoms with E-state index in [-0.39, 0.29) is 5.78 Å². The van der Waals surface area contributed by atoms with Gasteiger partial charge in [0.25, 0.3) is 0 Å². The Balaban J connectivity index is 2.46. The van der Waals surface area contributed by atoms with Gasteiger partial charge in [0.2, 0.25) is 0 Å². The Kier molecular flexibility index (Phi) is 1.96. The molecule has 72 valence electrons. The van der Waals surface area contributed by atoms with Gasteiger partial charge in [-0.2, -0.15) is 4.40 Å². The first kappa shape index (κ1) is 8.74. The Hall–Kier alpha value is -1.84. The van der Waals surface area contributed by atoms with E-state index >= 15 is 0 Å². The lowest BCUT2D eigenvalue weighted by molar-refractivity contribution is -0.512. The van der Waals surface area contributed by atoms with Gasteiger partial charge in [-0.25, -0.2) is 0 Å². The van der Waals surface area contributed by atoms with Crippen molar-refractivity contribution in [1.29, 1.82) is 0 Å². The SMILES string of the molecule is CC(=O)Cc1ccc2n(O)cc[n+]2c1. The number of ketones is 1. The first-order valence-corrected chi connectivity index (χ1v) is 4.37. The van der Waals surface area contributed by atoms with Crippen LogP contribution < -0.4 is 4.40 Å². The van der Waals surface area contributed by atoms with Crippen LogP contribution in [0, 0.1) is 0 Å². The summed E-state index contributed by atoms with van der Waals surface area (Å²) >= 11 is 0. The fourth-order valence-electron chi connectivity index (χ4n) is 1.47. The largest absolute Gasteiger partial charge is 0.350 e. The molecule has 4 heteroatoms. The zero-order valence-corrected chi connectivity index (χ0v) is 7.84. The molecule has 0 unspecified atom stereocenters. The molecule has 0 spiro atoms. The second-order valence-electron chi connectivity index (χ2n) is 3.32. The Morgan fingerprint density at radius 3 is 3.07 bits per heavy atom. The van der Waals surface area contributed by atoms with E-state index in [0.717, 1.165) is 10.3 Å². The Labute approximate surface area is 81.0 Å². The predicted molar refractivity (Wildman–Crippen MR) is 49.2 cm³/mol. The molecule has 0 amide bonds. The average Bonchev–Trinajstić information content (AvgIpc) is 2.46. The lowest BCUT2D eigenvalue weighted by Gasteiger charge is -1.94. The van der Waals surface area contributed by atoms with E-state index < -0.39 is 0 Å². The molecule has 2 heterocycles. The van der Waals surface area contributed by atoms with Crippen molar-refractivity contribution in [2.45, 2.75) is 13.3 Å². The van der Waals surface area contributed by atoms with E-state index in [1.54, 1.807) is 29.8 Å². The van der Waals surface area contributed by atoms with Crippen LogP contribution in [0.3, 0.4) is 0 Å². The van der Waals surface area contributed by atoms with E-state index in [1.807, 2.05) is 12.3 Å². The lowest BCUT2D eigenvalue weighted by atomic mass is 10.1. The molecule has 0 radical (unpaired) electrons. The molecule has 0 bridgehead atoms. The maximum absolute atomic E-state index is 10.9. The first-order valence-electron chi connectivity index (χ1n) is 4.37. The van der Waals surface area contributed by atoms with E-state index in [9.17, 15) is 10.0 Å². The summed E-state index contributed by atoms with van der Waals surface area (Å²) in [5.74, 6) is 0.133. The maximum Gasteiger partial charge on any atom is 0.325 e. The number of carbonyl (C=O) groups is 1. The molecule has 4 nitrogen and oxygen atoms in total. The Morgan fingerprint density at radius 2 is 2.36 bits per heavy atom. The van der Waals surface area contributed by atoms with Crippen LogP contribution in [-0.4, -0.2) is 15.7 Å². The van der Waals surface area contributed by atoms with Gasteiger partial charge < -0.3 is 5.21 Å². The molecule has 0 aliphatic heterocycles. The van der Waals surface area contributed by atoms with Gasteiger partial charge in [-0.05, 0) is 23.3 Å². The fraction of sp³-hybridized carbons (Fsp3) is 0.200. The third kappa shape index (κ3) is 1.46. The average molecular weight is 191 g/mol. The lowest BCUT2D eigenvalue weighted by Crippen LogP contribution is -2.20. The Morgan fingerprint density at radius 1 is 1.57 bits per heavy atom. The van der Waals surface area contributed by atoms with E-state index in [4.69, 9.17) is 0 Å². The number of hydrogen-bond donors (Lipinski definition) is 1. The van der Waals surface area contributed by atoms with Crippen molar-refractivity contribution in [2.24, 2.45) is 0 Å². The van der Waals surface area contributed by atoms with Gasteiger partial charge in [0.05, 0.1) is 6.20 Å². The van der Waals surface area contributed by atoms with Crippen LogP contribution in [-0.2, 0) is 11.2 Å². The van der Waals surface area contributed by atoms with Crippen molar-refractivity contribution in [1.82, 2.24) is 4.73 Å². The van der Waals surface area contributed by atoms with Gasteiger partial charge in [-0.1, -0.05) is 0 Å². The number of aromatic nitrogens is 2. The first-order chi connectivity index (χ1) is 6.66. The summed E-state index contributed by atoms with van der Waals surface area (Å²) < 4.78 is 2.82.